The number of anilines is 3. The van der Waals surface area contributed by atoms with E-state index in [0.717, 1.165) is 18.8 Å². The molecule has 1 unspecified atom stereocenters. The second kappa shape index (κ2) is 9.89. The molecule has 0 saturated carbocycles. The largest absolute Gasteiger partial charge is 0.449 e. The fourth-order valence-corrected chi connectivity index (χ4v) is 3.00. The number of hydrogen-bond donors (Lipinski definition) is 2. The van der Waals surface area contributed by atoms with Crippen LogP contribution >= 0.6 is 0 Å². The van der Waals surface area contributed by atoms with Crippen molar-refractivity contribution in [2.24, 2.45) is 0 Å². The van der Waals surface area contributed by atoms with E-state index in [9.17, 15) is 14.4 Å². The number of rotatable bonds is 6. The van der Waals surface area contributed by atoms with Crippen molar-refractivity contribution in [1.29, 1.82) is 0 Å². The van der Waals surface area contributed by atoms with E-state index in [0.29, 0.717) is 30.2 Å². The Balaban J connectivity index is 1.52. The lowest BCUT2D eigenvalue weighted by Gasteiger charge is -2.28. The van der Waals surface area contributed by atoms with E-state index in [-0.39, 0.29) is 5.91 Å². The molecule has 2 aromatic rings. The Morgan fingerprint density at radius 3 is 2.10 bits per heavy atom. The molecule has 0 bridgehead atoms. The van der Waals surface area contributed by atoms with Gasteiger partial charge in [0.15, 0.2) is 6.10 Å². The maximum Gasteiger partial charge on any atom is 0.338 e. The Kier molecular flexibility index (Phi) is 7.03. The minimum Gasteiger partial charge on any atom is -0.449 e. The van der Waals surface area contributed by atoms with Gasteiger partial charge in [-0.15, -0.1) is 0 Å². The van der Waals surface area contributed by atoms with Gasteiger partial charge < -0.3 is 25.0 Å². The third-order valence-corrected chi connectivity index (χ3v) is 4.61. The molecule has 0 radical (unpaired) electrons. The maximum absolute atomic E-state index is 12.4. The van der Waals surface area contributed by atoms with Gasteiger partial charge in [-0.3, -0.25) is 9.59 Å². The van der Waals surface area contributed by atoms with Crippen LogP contribution in [0.5, 0.6) is 0 Å². The molecule has 0 aromatic heterocycles. The van der Waals surface area contributed by atoms with Crippen LogP contribution in [0.15, 0.2) is 48.5 Å². The summed E-state index contributed by atoms with van der Waals surface area (Å²) >= 11 is 0. The predicted molar refractivity (Wildman–Crippen MR) is 114 cm³/mol. The van der Waals surface area contributed by atoms with Crippen LogP contribution in [0.25, 0.3) is 0 Å². The van der Waals surface area contributed by atoms with Gasteiger partial charge in [-0.05, 0) is 55.5 Å². The van der Waals surface area contributed by atoms with Gasteiger partial charge in [-0.2, -0.15) is 0 Å². The van der Waals surface area contributed by atoms with E-state index in [1.165, 1.54) is 26.0 Å². The van der Waals surface area contributed by atoms with Crippen LogP contribution in [0.3, 0.4) is 0 Å². The van der Waals surface area contributed by atoms with E-state index in [4.69, 9.17) is 9.47 Å². The molecule has 1 heterocycles. The van der Waals surface area contributed by atoms with Crippen molar-refractivity contribution in [2.75, 3.05) is 41.8 Å². The molecule has 2 amide bonds. The second-order valence-electron chi connectivity index (χ2n) is 6.94. The highest BCUT2D eigenvalue weighted by atomic mass is 16.5. The summed E-state index contributed by atoms with van der Waals surface area (Å²) in [5, 5.41) is 5.37. The Bertz CT molecular complexity index is 890. The number of benzene rings is 2. The zero-order valence-corrected chi connectivity index (χ0v) is 17.0. The summed E-state index contributed by atoms with van der Waals surface area (Å²) in [6.45, 7) is 6.00. The fraction of sp³-hybridized carbons (Fsp3) is 0.318. The number of nitrogens with zero attached hydrogens (tertiary/aromatic N) is 1. The van der Waals surface area contributed by atoms with Gasteiger partial charge in [0.25, 0.3) is 5.91 Å². The molecular weight excluding hydrogens is 386 g/mol. The van der Waals surface area contributed by atoms with Crippen LogP contribution in [-0.2, 0) is 19.1 Å². The predicted octanol–water partition coefficient (Wildman–Crippen LogP) is 2.67. The topological polar surface area (TPSA) is 97.0 Å². The standard InChI is InChI=1S/C22H25N3O5/c1-15(30-22(28)17-3-5-18(6-4-17)23-16(2)26)21(27)24-19-7-9-20(10-8-19)25-11-13-29-14-12-25/h3-10,15H,11-14H2,1-2H3,(H,23,26)(H,24,27). The van der Waals surface area contributed by atoms with Crippen molar-refractivity contribution >= 4 is 34.8 Å². The number of esters is 1. The molecule has 8 heteroatoms. The lowest BCUT2D eigenvalue weighted by Crippen LogP contribution is -2.36. The quantitative estimate of drug-likeness (QED) is 0.710. The molecule has 8 nitrogen and oxygen atoms in total. The van der Waals surface area contributed by atoms with E-state index in [2.05, 4.69) is 15.5 Å². The second-order valence-corrected chi connectivity index (χ2v) is 6.94. The number of carbonyl (C=O) groups excluding carboxylic acids is 3. The summed E-state index contributed by atoms with van der Waals surface area (Å²) in [5.74, 6) is -1.24. The van der Waals surface area contributed by atoms with Gasteiger partial charge in [0.05, 0.1) is 18.8 Å². The van der Waals surface area contributed by atoms with Gasteiger partial charge in [0.2, 0.25) is 5.91 Å². The summed E-state index contributed by atoms with van der Waals surface area (Å²) < 4.78 is 10.6. The zero-order chi connectivity index (χ0) is 21.5. The zero-order valence-electron chi connectivity index (χ0n) is 17.0. The van der Waals surface area contributed by atoms with Crippen molar-refractivity contribution in [3.63, 3.8) is 0 Å². The smallest absolute Gasteiger partial charge is 0.338 e. The average molecular weight is 411 g/mol. The Morgan fingerprint density at radius 2 is 1.50 bits per heavy atom. The first-order valence-corrected chi connectivity index (χ1v) is 9.74. The van der Waals surface area contributed by atoms with Crippen molar-refractivity contribution in [3.8, 4) is 0 Å². The number of morpholine rings is 1. The van der Waals surface area contributed by atoms with Crippen molar-refractivity contribution < 1.29 is 23.9 Å². The Labute approximate surface area is 175 Å². The minimum absolute atomic E-state index is 0.200. The lowest BCUT2D eigenvalue weighted by atomic mass is 10.2. The molecular formula is C22H25N3O5. The van der Waals surface area contributed by atoms with Gasteiger partial charge in [-0.25, -0.2) is 4.79 Å². The number of carbonyl (C=O) groups is 3. The van der Waals surface area contributed by atoms with Crippen LogP contribution in [0.2, 0.25) is 0 Å². The third-order valence-electron chi connectivity index (χ3n) is 4.61. The summed E-state index contributed by atoms with van der Waals surface area (Å²) in [4.78, 5) is 37.9. The van der Waals surface area contributed by atoms with E-state index in [1.54, 1.807) is 12.1 Å². The molecule has 2 aromatic carbocycles. The molecule has 30 heavy (non-hydrogen) atoms. The first-order chi connectivity index (χ1) is 14.4. The SMILES string of the molecule is CC(=O)Nc1ccc(C(=O)OC(C)C(=O)Nc2ccc(N3CCOCC3)cc2)cc1. The highest BCUT2D eigenvalue weighted by Crippen LogP contribution is 2.19. The fourth-order valence-electron chi connectivity index (χ4n) is 3.00. The monoisotopic (exact) mass is 411 g/mol. The number of ether oxygens (including phenoxy) is 2. The molecule has 3 rings (SSSR count). The summed E-state index contributed by atoms with van der Waals surface area (Å²) in [6, 6.07) is 13.8. The molecule has 1 atom stereocenters. The van der Waals surface area contributed by atoms with Crippen molar-refractivity contribution in [1.82, 2.24) is 0 Å². The molecule has 1 saturated heterocycles. The first kappa shape index (κ1) is 21.3. The summed E-state index contributed by atoms with van der Waals surface area (Å²) in [5.41, 5.74) is 2.56. The molecule has 1 aliphatic rings. The molecule has 158 valence electrons. The Hall–Kier alpha value is -3.39. The molecule has 0 spiro atoms. The lowest BCUT2D eigenvalue weighted by molar-refractivity contribution is -0.123. The van der Waals surface area contributed by atoms with E-state index >= 15 is 0 Å². The van der Waals surface area contributed by atoms with Crippen LogP contribution in [0.4, 0.5) is 17.1 Å². The number of nitrogens with one attached hydrogen (secondary N) is 2. The highest BCUT2D eigenvalue weighted by molar-refractivity contribution is 5.97. The first-order valence-electron chi connectivity index (χ1n) is 9.74. The normalized spacial score (nSPS) is 14.5. The van der Waals surface area contributed by atoms with Crippen LogP contribution in [0, 0.1) is 0 Å². The third kappa shape index (κ3) is 5.81. The van der Waals surface area contributed by atoms with Crippen molar-refractivity contribution in [3.05, 3.63) is 54.1 Å². The van der Waals surface area contributed by atoms with Gasteiger partial charge in [-0.1, -0.05) is 0 Å². The summed E-state index contributed by atoms with van der Waals surface area (Å²) in [7, 11) is 0. The van der Waals surface area contributed by atoms with Gasteiger partial charge in [0.1, 0.15) is 0 Å². The molecule has 1 fully saturated rings. The molecule has 0 aliphatic carbocycles. The average Bonchev–Trinajstić information content (AvgIpc) is 2.75. The number of amides is 2. The maximum atomic E-state index is 12.4. The Morgan fingerprint density at radius 1 is 0.933 bits per heavy atom. The summed E-state index contributed by atoms with van der Waals surface area (Å²) in [6.07, 6.45) is -0.966. The van der Waals surface area contributed by atoms with Gasteiger partial charge in [0, 0.05) is 37.1 Å². The number of hydrogen-bond acceptors (Lipinski definition) is 6. The molecule has 2 N–H and O–H groups in total. The van der Waals surface area contributed by atoms with Crippen molar-refractivity contribution in [2.45, 2.75) is 20.0 Å². The van der Waals surface area contributed by atoms with Crippen LogP contribution < -0.4 is 15.5 Å². The molecule has 1 aliphatic heterocycles. The van der Waals surface area contributed by atoms with E-state index < -0.39 is 18.0 Å². The van der Waals surface area contributed by atoms with Gasteiger partial charge >= 0.3 is 5.97 Å². The highest BCUT2D eigenvalue weighted by Gasteiger charge is 2.19. The van der Waals surface area contributed by atoms with E-state index in [1.807, 2.05) is 24.3 Å². The van der Waals surface area contributed by atoms with Crippen LogP contribution in [-0.4, -0.2) is 50.2 Å². The minimum atomic E-state index is -0.966. The van der Waals surface area contributed by atoms with Crippen LogP contribution in [0.1, 0.15) is 24.2 Å².